The Hall–Kier alpha value is -0.0800. The highest BCUT2D eigenvalue weighted by Gasteiger charge is 2.54. The van der Waals surface area contributed by atoms with Crippen LogP contribution in [-0.2, 0) is 9.59 Å². The second-order valence-electron chi connectivity index (χ2n) is 4.95. The van der Waals surface area contributed by atoms with E-state index in [1.807, 2.05) is 6.92 Å². The Morgan fingerprint density at radius 1 is 1.07 bits per heavy atom. The van der Waals surface area contributed by atoms with Crippen LogP contribution in [0.25, 0.3) is 0 Å². The standard InChI is InChI=1S/C11H14Cl2O2/c1-11(10(12)13)6-2-8(14)4-7(11)5-9(15)3-6/h6-7,10H,2-5H2,1H3. The maximum absolute atomic E-state index is 11.5. The van der Waals surface area contributed by atoms with Crippen LogP contribution in [0.5, 0.6) is 0 Å². The highest BCUT2D eigenvalue weighted by Crippen LogP contribution is 2.55. The average Bonchev–Trinajstić information content (AvgIpc) is 2.09. The molecular weight excluding hydrogens is 235 g/mol. The van der Waals surface area contributed by atoms with E-state index in [0.29, 0.717) is 25.7 Å². The summed E-state index contributed by atoms with van der Waals surface area (Å²) >= 11 is 12.1. The van der Waals surface area contributed by atoms with Crippen molar-refractivity contribution < 1.29 is 9.59 Å². The third-order valence-electron chi connectivity index (χ3n) is 4.13. The van der Waals surface area contributed by atoms with Crippen molar-refractivity contribution in [3.8, 4) is 0 Å². The van der Waals surface area contributed by atoms with E-state index in [0.717, 1.165) is 0 Å². The summed E-state index contributed by atoms with van der Waals surface area (Å²) in [6.07, 6.45) is 1.87. The van der Waals surface area contributed by atoms with Crippen LogP contribution >= 0.6 is 23.2 Å². The molecule has 0 saturated heterocycles. The molecule has 0 spiro atoms. The topological polar surface area (TPSA) is 34.1 Å². The Labute approximate surface area is 99.3 Å². The molecule has 0 unspecified atom stereocenters. The lowest BCUT2D eigenvalue weighted by molar-refractivity contribution is -0.139. The molecule has 2 rings (SSSR count). The van der Waals surface area contributed by atoms with Crippen molar-refractivity contribution in [3.63, 3.8) is 0 Å². The normalized spacial score (nSPS) is 41.1. The summed E-state index contributed by atoms with van der Waals surface area (Å²) < 4.78 is 0. The maximum Gasteiger partial charge on any atom is 0.133 e. The van der Waals surface area contributed by atoms with Crippen LogP contribution in [0.3, 0.4) is 0 Å². The van der Waals surface area contributed by atoms with Crippen LogP contribution in [0.1, 0.15) is 32.6 Å². The first-order valence-electron chi connectivity index (χ1n) is 5.26. The van der Waals surface area contributed by atoms with Crippen LogP contribution in [0.15, 0.2) is 0 Å². The van der Waals surface area contributed by atoms with Gasteiger partial charge >= 0.3 is 0 Å². The largest absolute Gasteiger partial charge is 0.300 e. The van der Waals surface area contributed by atoms with Crippen molar-refractivity contribution in [2.24, 2.45) is 17.3 Å². The lowest BCUT2D eigenvalue weighted by atomic mass is 9.55. The van der Waals surface area contributed by atoms with Gasteiger partial charge in [-0.2, -0.15) is 0 Å². The van der Waals surface area contributed by atoms with Crippen LogP contribution in [-0.4, -0.2) is 16.4 Å². The lowest BCUT2D eigenvalue weighted by Crippen LogP contribution is -2.51. The highest BCUT2D eigenvalue weighted by molar-refractivity contribution is 6.44. The van der Waals surface area contributed by atoms with Crippen LogP contribution < -0.4 is 0 Å². The van der Waals surface area contributed by atoms with Crippen molar-refractivity contribution >= 4 is 34.8 Å². The van der Waals surface area contributed by atoms with Gasteiger partial charge in [0.1, 0.15) is 16.4 Å². The van der Waals surface area contributed by atoms with Gasteiger partial charge in [-0.15, -0.1) is 23.2 Å². The molecule has 0 amide bonds. The van der Waals surface area contributed by atoms with E-state index in [2.05, 4.69) is 0 Å². The van der Waals surface area contributed by atoms with Gasteiger partial charge in [0.05, 0.1) is 0 Å². The molecule has 2 aliphatic carbocycles. The second-order valence-corrected chi connectivity index (χ2v) is 6.05. The molecule has 2 aliphatic rings. The molecule has 2 nitrogen and oxygen atoms in total. The third kappa shape index (κ3) is 1.72. The van der Waals surface area contributed by atoms with E-state index in [1.165, 1.54) is 0 Å². The molecule has 0 heterocycles. The number of hydrogen-bond donors (Lipinski definition) is 0. The molecule has 0 atom stereocenters. The molecule has 2 bridgehead atoms. The summed E-state index contributed by atoms with van der Waals surface area (Å²) in [5.74, 6) is 0.600. The lowest BCUT2D eigenvalue weighted by Gasteiger charge is -2.50. The van der Waals surface area contributed by atoms with Crippen molar-refractivity contribution in [2.75, 3.05) is 0 Å². The van der Waals surface area contributed by atoms with Gasteiger partial charge in [0.2, 0.25) is 0 Å². The quantitative estimate of drug-likeness (QED) is 0.669. The molecule has 15 heavy (non-hydrogen) atoms. The number of rotatable bonds is 1. The number of carbonyl (C=O) groups is 2. The molecule has 0 aromatic rings. The smallest absolute Gasteiger partial charge is 0.133 e. The number of hydrogen-bond acceptors (Lipinski definition) is 2. The van der Waals surface area contributed by atoms with E-state index in [9.17, 15) is 9.59 Å². The minimum atomic E-state index is -0.492. The van der Waals surface area contributed by atoms with Gasteiger partial charge in [0, 0.05) is 31.1 Å². The third-order valence-corrected chi connectivity index (χ3v) is 5.07. The van der Waals surface area contributed by atoms with Gasteiger partial charge in [-0.05, 0) is 11.8 Å². The van der Waals surface area contributed by atoms with Gasteiger partial charge in [-0.25, -0.2) is 0 Å². The van der Waals surface area contributed by atoms with Gasteiger partial charge < -0.3 is 0 Å². The summed E-state index contributed by atoms with van der Waals surface area (Å²) in [4.78, 5) is 22.5. The summed E-state index contributed by atoms with van der Waals surface area (Å²) in [6, 6.07) is 0. The first-order chi connectivity index (χ1) is 6.94. The SMILES string of the molecule is CC1(C(Cl)Cl)C2CC(=O)CC1CC(=O)C2. The molecule has 2 saturated carbocycles. The Bertz CT molecular complexity index is 272. The van der Waals surface area contributed by atoms with E-state index < -0.39 is 4.84 Å². The van der Waals surface area contributed by atoms with Crippen molar-refractivity contribution in [3.05, 3.63) is 0 Å². The number of fused-ring (bicyclic) bond motifs is 2. The van der Waals surface area contributed by atoms with Gasteiger partial charge in [-0.3, -0.25) is 9.59 Å². The molecule has 0 aromatic heterocycles. The zero-order chi connectivity index (χ0) is 11.2. The van der Waals surface area contributed by atoms with Crippen molar-refractivity contribution in [1.29, 1.82) is 0 Å². The van der Waals surface area contributed by atoms with E-state index >= 15 is 0 Å². The van der Waals surface area contributed by atoms with Gasteiger partial charge in [0.15, 0.2) is 0 Å². The molecule has 84 valence electrons. The number of Topliss-reactive ketones (excluding diaryl/α,β-unsaturated/α-hetero) is 2. The van der Waals surface area contributed by atoms with Crippen molar-refractivity contribution in [1.82, 2.24) is 0 Å². The first kappa shape index (κ1) is 11.4. The Kier molecular flexibility index (Phi) is 2.85. The fourth-order valence-electron chi connectivity index (χ4n) is 2.98. The van der Waals surface area contributed by atoms with Crippen molar-refractivity contribution in [2.45, 2.75) is 37.4 Å². The summed E-state index contributed by atoms with van der Waals surface area (Å²) in [7, 11) is 0. The zero-order valence-electron chi connectivity index (χ0n) is 8.63. The Morgan fingerprint density at radius 3 is 1.67 bits per heavy atom. The predicted molar refractivity (Wildman–Crippen MR) is 59.1 cm³/mol. The maximum atomic E-state index is 11.5. The monoisotopic (exact) mass is 248 g/mol. The summed E-state index contributed by atoms with van der Waals surface area (Å²) in [5.41, 5.74) is -0.259. The second kappa shape index (κ2) is 3.74. The minimum absolute atomic E-state index is 0.0463. The highest BCUT2D eigenvalue weighted by atomic mass is 35.5. The van der Waals surface area contributed by atoms with E-state index in [1.54, 1.807) is 0 Å². The predicted octanol–water partition coefficient (Wildman–Crippen LogP) is 2.75. The number of carbonyl (C=O) groups excluding carboxylic acids is 2. The Morgan fingerprint density at radius 2 is 1.40 bits per heavy atom. The van der Waals surface area contributed by atoms with Gasteiger partial charge in [0.25, 0.3) is 0 Å². The summed E-state index contributed by atoms with van der Waals surface area (Å²) in [6.45, 7) is 2.02. The fourth-order valence-corrected chi connectivity index (χ4v) is 3.69. The number of alkyl halides is 2. The fraction of sp³-hybridized carbons (Fsp3) is 0.818. The van der Waals surface area contributed by atoms with Gasteiger partial charge in [-0.1, -0.05) is 6.92 Å². The zero-order valence-corrected chi connectivity index (χ0v) is 10.1. The van der Waals surface area contributed by atoms with E-state index in [-0.39, 0.29) is 28.8 Å². The average molecular weight is 249 g/mol. The van der Waals surface area contributed by atoms with E-state index in [4.69, 9.17) is 23.2 Å². The molecule has 0 N–H and O–H groups in total. The molecule has 0 radical (unpaired) electrons. The minimum Gasteiger partial charge on any atom is -0.300 e. The molecule has 0 aliphatic heterocycles. The Balaban J connectivity index is 2.34. The molecule has 2 fully saturated rings. The molecule has 0 aromatic carbocycles. The molecule has 4 heteroatoms. The van der Waals surface area contributed by atoms with Crippen LogP contribution in [0.2, 0.25) is 0 Å². The molecular formula is C11H14Cl2O2. The first-order valence-corrected chi connectivity index (χ1v) is 6.13. The van der Waals surface area contributed by atoms with Crippen LogP contribution in [0.4, 0.5) is 0 Å². The summed E-state index contributed by atoms with van der Waals surface area (Å²) in [5, 5.41) is 0. The van der Waals surface area contributed by atoms with Crippen LogP contribution in [0, 0.1) is 17.3 Å². The number of ketones is 2. The number of halogens is 2.